The summed E-state index contributed by atoms with van der Waals surface area (Å²) >= 11 is 0. The Morgan fingerprint density at radius 3 is 1.84 bits per heavy atom. The van der Waals surface area contributed by atoms with Gasteiger partial charge in [0.1, 0.15) is 11.2 Å². The maximum atomic E-state index is 6.19. The van der Waals surface area contributed by atoms with Crippen LogP contribution in [0.1, 0.15) is 17.9 Å². The van der Waals surface area contributed by atoms with E-state index in [0.717, 1.165) is 39.7 Å². The van der Waals surface area contributed by atoms with E-state index in [4.69, 9.17) is 4.42 Å². The van der Waals surface area contributed by atoms with Crippen LogP contribution in [0.4, 0.5) is 11.4 Å². The topological polar surface area (TPSA) is 26.2 Å². The Hall–Kier alpha value is -7.56. The molecule has 2 aliphatic rings. The molecule has 4 heterocycles. The molecule has 58 heavy (non-hydrogen) atoms. The second-order valence-electron chi connectivity index (χ2n) is 15.6. The zero-order valence-corrected chi connectivity index (χ0v) is 31.5. The van der Waals surface area contributed by atoms with E-state index in [-0.39, 0.29) is 5.92 Å². The molecule has 0 bridgehead atoms. The number of hydrogen-bond donors (Lipinski definition) is 0. The van der Waals surface area contributed by atoms with E-state index in [1.807, 2.05) is 12.1 Å². The van der Waals surface area contributed by atoms with Crippen LogP contribution in [0.3, 0.4) is 0 Å². The van der Waals surface area contributed by atoms with E-state index < -0.39 is 0 Å². The van der Waals surface area contributed by atoms with Gasteiger partial charge in [0.2, 0.25) is 0 Å². The molecule has 0 radical (unpaired) electrons. The molecule has 0 spiro atoms. The van der Waals surface area contributed by atoms with Gasteiger partial charge in [0.25, 0.3) is 0 Å². The Kier molecular flexibility index (Phi) is 6.53. The number of para-hydroxylation sites is 5. The van der Waals surface area contributed by atoms with Gasteiger partial charge in [0.05, 0.1) is 33.3 Å². The van der Waals surface area contributed by atoms with Crippen LogP contribution in [-0.2, 0) is 0 Å². The first-order chi connectivity index (χ1) is 28.8. The third-order valence-electron chi connectivity index (χ3n) is 12.6. The summed E-state index contributed by atoms with van der Waals surface area (Å²) in [6, 6.07) is 68.4. The fourth-order valence-electron chi connectivity index (χ4n) is 10.1. The number of hydrogen-bond acceptors (Lipinski definition) is 2. The van der Waals surface area contributed by atoms with E-state index in [2.05, 4.69) is 196 Å². The van der Waals surface area contributed by atoms with Crippen molar-refractivity contribution in [1.82, 2.24) is 9.13 Å². The maximum Gasteiger partial charge on any atom is 0.135 e. The SMILES string of the molecule is C1=c2c(n(-c3ccccc3)c3ccccc23)=C2C(C1)c1ccc3c4ccccc4n(-c4ccccc4)c3c1N2c1ccc(-c2ccc3oc4ccccc4c3c2)cc1. The van der Waals surface area contributed by atoms with Gasteiger partial charge in [-0.25, -0.2) is 0 Å². The molecule has 0 fully saturated rings. The Bertz CT molecular complexity index is 3590. The lowest BCUT2D eigenvalue weighted by molar-refractivity contribution is 0.669. The van der Waals surface area contributed by atoms with Crippen LogP contribution in [-0.4, -0.2) is 9.13 Å². The van der Waals surface area contributed by atoms with Crippen molar-refractivity contribution in [2.45, 2.75) is 12.3 Å². The van der Waals surface area contributed by atoms with E-state index >= 15 is 0 Å². The molecule has 0 amide bonds. The van der Waals surface area contributed by atoms with Crippen LogP contribution >= 0.6 is 0 Å². The Morgan fingerprint density at radius 1 is 0.448 bits per heavy atom. The molecule has 8 aromatic carbocycles. The normalized spacial score (nSPS) is 14.7. The summed E-state index contributed by atoms with van der Waals surface area (Å²) in [5, 5.41) is 8.64. The molecular formula is C54H35N3O. The summed E-state index contributed by atoms with van der Waals surface area (Å²) in [6.45, 7) is 0. The number of furan rings is 1. The molecule has 4 nitrogen and oxygen atoms in total. The predicted molar refractivity (Wildman–Crippen MR) is 240 cm³/mol. The zero-order valence-electron chi connectivity index (χ0n) is 31.5. The molecule has 0 saturated carbocycles. The average Bonchev–Trinajstić information content (AvgIpc) is 4.03. The summed E-state index contributed by atoms with van der Waals surface area (Å²) in [5.74, 6) is 0.164. The Balaban J connectivity index is 1.12. The Morgan fingerprint density at radius 2 is 1.07 bits per heavy atom. The number of benzene rings is 8. The molecule has 0 N–H and O–H groups in total. The molecule has 1 atom stereocenters. The van der Waals surface area contributed by atoms with Gasteiger partial charge >= 0.3 is 0 Å². The first kappa shape index (κ1) is 31.6. The highest BCUT2D eigenvalue weighted by Gasteiger charge is 2.40. The number of anilines is 2. The minimum absolute atomic E-state index is 0.164. The summed E-state index contributed by atoms with van der Waals surface area (Å²) < 4.78 is 11.2. The molecule has 0 saturated heterocycles. The van der Waals surface area contributed by atoms with E-state index in [1.54, 1.807) is 0 Å². The smallest absolute Gasteiger partial charge is 0.135 e. The van der Waals surface area contributed by atoms with Crippen molar-refractivity contribution in [2.75, 3.05) is 4.90 Å². The lowest BCUT2D eigenvalue weighted by Gasteiger charge is -2.26. The van der Waals surface area contributed by atoms with E-state index in [9.17, 15) is 0 Å². The van der Waals surface area contributed by atoms with Gasteiger partial charge in [-0.1, -0.05) is 127 Å². The van der Waals surface area contributed by atoms with Crippen LogP contribution in [0.15, 0.2) is 192 Å². The van der Waals surface area contributed by atoms with Crippen LogP contribution in [0.2, 0.25) is 0 Å². The fourth-order valence-corrected chi connectivity index (χ4v) is 10.1. The monoisotopic (exact) mass is 741 g/mol. The van der Waals surface area contributed by atoms with Crippen molar-refractivity contribution < 1.29 is 4.42 Å². The summed E-state index contributed by atoms with van der Waals surface area (Å²) in [6.07, 6.45) is 3.41. The van der Waals surface area contributed by atoms with Crippen molar-refractivity contribution in [2.24, 2.45) is 0 Å². The average molecular weight is 742 g/mol. The van der Waals surface area contributed by atoms with Crippen LogP contribution < -0.4 is 15.5 Å². The van der Waals surface area contributed by atoms with Crippen molar-refractivity contribution in [3.8, 4) is 22.5 Å². The number of rotatable bonds is 4. The second kappa shape index (κ2) is 12.0. The van der Waals surface area contributed by atoms with E-state index in [0.29, 0.717) is 0 Å². The van der Waals surface area contributed by atoms with Gasteiger partial charge in [-0.05, 0) is 89.8 Å². The van der Waals surface area contributed by atoms with Gasteiger partial charge in [0, 0.05) is 55.1 Å². The number of aromatic nitrogens is 2. The number of fused-ring (bicyclic) bond motifs is 13. The van der Waals surface area contributed by atoms with Gasteiger partial charge in [-0.2, -0.15) is 0 Å². The van der Waals surface area contributed by atoms with Crippen molar-refractivity contribution >= 4 is 77.8 Å². The standard InChI is InChI=1S/C54H35N3O/c1-3-13-36(14-4-1)55-47-20-10-7-17-39(47)42-28-30-44-45-31-29-43-40-18-8-11-21-48(40)56(37-15-5-2-6-16-37)52(43)54(45)57(53(44)51(42)55)38-26-23-34(24-27-38)35-25-32-50-46(33-35)41-19-9-12-22-49(41)58-50/h1-30,32-33,45H,31H2. The van der Waals surface area contributed by atoms with Gasteiger partial charge in [0.15, 0.2) is 0 Å². The third kappa shape index (κ3) is 4.34. The molecule has 1 aliphatic heterocycles. The molecule has 272 valence electrons. The van der Waals surface area contributed by atoms with Crippen LogP contribution in [0, 0.1) is 0 Å². The first-order valence-corrected chi connectivity index (χ1v) is 20.1. The Labute approximate surface area is 334 Å². The van der Waals surface area contributed by atoms with Gasteiger partial charge in [-0.15, -0.1) is 0 Å². The molecule has 1 unspecified atom stereocenters. The summed E-state index contributed by atoms with van der Waals surface area (Å²) in [4.78, 5) is 2.61. The molecular weight excluding hydrogens is 707 g/mol. The molecule has 1 aliphatic carbocycles. The minimum atomic E-state index is 0.164. The van der Waals surface area contributed by atoms with E-state index in [1.165, 1.54) is 77.0 Å². The quantitative estimate of drug-likeness (QED) is 0.180. The summed E-state index contributed by atoms with van der Waals surface area (Å²) in [5.41, 5.74) is 15.2. The third-order valence-corrected chi connectivity index (χ3v) is 12.6. The number of nitrogens with zero attached hydrogens (tertiary/aromatic N) is 3. The fraction of sp³-hybridized carbons (Fsp3) is 0.0370. The van der Waals surface area contributed by atoms with Crippen molar-refractivity contribution in [3.05, 3.63) is 204 Å². The molecule has 11 aromatic rings. The zero-order chi connectivity index (χ0) is 37.9. The highest BCUT2D eigenvalue weighted by molar-refractivity contribution is 6.17. The molecule has 13 rings (SSSR count). The highest BCUT2D eigenvalue weighted by Crippen LogP contribution is 2.55. The van der Waals surface area contributed by atoms with Crippen molar-refractivity contribution in [3.63, 3.8) is 0 Å². The predicted octanol–water partition coefficient (Wildman–Crippen LogP) is 12.5. The lowest BCUT2D eigenvalue weighted by Crippen LogP contribution is -2.38. The molecule has 3 aromatic heterocycles. The molecule has 4 heteroatoms. The van der Waals surface area contributed by atoms with Crippen molar-refractivity contribution in [1.29, 1.82) is 0 Å². The maximum absolute atomic E-state index is 6.19. The minimum Gasteiger partial charge on any atom is -0.456 e. The highest BCUT2D eigenvalue weighted by atomic mass is 16.3. The van der Waals surface area contributed by atoms with Crippen LogP contribution in [0.5, 0.6) is 0 Å². The lowest BCUT2D eigenvalue weighted by atomic mass is 9.90. The summed E-state index contributed by atoms with van der Waals surface area (Å²) in [7, 11) is 0. The largest absolute Gasteiger partial charge is 0.456 e. The second-order valence-corrected chi connectivity index (χ2v) is 15.6. The van der Waals surface area contributed by atoms with Gasteiger partial charge < -0.3 is 18.5 Å². The van der Waals surface area contributed by atoms with Gasteiger partial charge in [-0.3, -0.25) is 0 Å². The van der Waals surface area contributed by atoms with Crippen LogP contribution in [0.25, 0.3) is 88.9 Å². The first-order valence-electron chi connectivity index (χ1n) is 20.1.